The smallest absolute Gasteiger partial charge is 0.265 e. The SMILES string of the molecule is CC1=C(/C=C\C(=O)O)[IH]C=C1.FC(F)(F)c1cc(-c2nc[nH]n2)cc(C(F)(F)F)c1. The van der Waals surface area contributed by atoms with E-state index in [1.165, 1.54) is 15.2 Å². The van der Waals surface area contributed by atoms with Gasteiger partial charge in [0, 0.05) is 5.56 Å². The van der Waals surface area contributed by atoms with E-state index >= 15 is 0 Å². The van der Waals surface area contributed by atoms with Gasteiger partial charge in [-0.15, -0.1) is 0 Å². The number of H-pyrrole nitrogens is 1. The van der Waals surface area contributed by atoms with Crippen molar-refractivity contribution < 1.29 is 36.2 Å². The van der Waals surface area contributed by atoms with E-state index in [1.54, 1.807) is 6.08 Å². The summed E-state index contributed by atoms with van der Waals surface area (Å²) >= 11 is -0.211. The van der Waals surface area contributed by atoms with E-state index in [1.807, 2.05) is 6.92 Å². The van der Waals surface area contributed by atoms with Crippen molar-refractivity contribution in [3.63, 3.8) is 0 Å². The Balaban J connectivity index is 0.000000248. The van der Waals surface area contributed by atoms with Crippen LogP contribution in [-0.2, 0) is 17.1 Å². The third-order valence-corrected chi connectivity index (χ3v) is 6.35. The van der Waals surface area contributed by atoms with Gasteiger partial charge < -0.3 is 0 Å². The maximum absolute atomic E-state index is 12.6. The number of nitrogens with zero attached hydrogens (tertiary/aromatic N) is 2. The summed E-state index contributed by atoms with van der Waals surface area (Å²) in [5, 5.41) is 14.0. The van der Waals surface area contributed by atoms with Crippen LogP contribution in [0.5, 0.6) is 0 Å². The molecule has 1 aliphatic rings. The summed E-state index contributed by atoms with van der Waals surface area (Å²) in [4.78, 5) is 13.7. The van der Waals surface area contributed by atoms with Crippen molar-refractivity contribution in [3.8, 4) is 11.4 Å². The predicted octanol–water partition coefficient (Wildman–Crippen LogP) is 5.64. The Morgan fingerprint density at radius 1 is 1.10 bits per heavy atom. The molecule has 1 aliphatic heterocycles. The van der Waals surface area contributed by atoms with Crippen molar-refractivity contribution in [1.82, 2.24) is 15.2 Å². The average molecular weight is 545 g/mol. The van der Waals surface area contributed by atoms with Crippen LogP contribution in [0.1, 0.15) is 18.1 Å². The molecule has 0 spiro atoms. The molecule has 0 amide bonds. The monoisotopic (exact) mass is 545 g/mol. The first-order valence-corrected chi connectivity index (χ1v) is 10.5. The number of aromatic amines is 1. The molecular weight excluding hydrogens is 531 g/mol. The number of hydrogen-bond acceptors (Lipinski definition) is 3. The molecule has 3 rings (SSSR count). The Labute approximate surface area is 176 Å². The fourth-order valence-electron chi connectivity index (χ4n) is 2.13. The number of nitrogens with one attached hydrogen (secondary N) is 1. The first-order chi connectivity index (χ1) is 13.9. The van der Waals surface area contributed by atoms with E-state index < -0.39 is 29.4 Å². The third-order valence-electron chi connectivity index (χ3n) is 3.54. The van der Waals surface area contributed by atoms with Gasteiger partial charge in [-0.3, -0.25) is 5.10 Å². The van der Waals surface area contributed by atoms with E-state index in [2.05, 4.69) is 25.3 Å². The third kappa shape index (κ3) is 6.71. The van der Waals surface area contributed by atoms with Crippen LogP contribution in [0.4, 0.5) is 26.3 Å². The van der Waals surface area contributed by atoms with Crippen molar-refractivity contribution in [3.05, 3.63) is 67.1 Å². The van der Waals surface area contributed by atoms with E-state index in [9.17, 15) is 31.1 Å². The number of halogens is 7. The van der Waals surface area contributed by atoms with Crippen molar-refractivity contribution in [2.75, 3.05) is 0 Å². The molecule has 0 aliphatic carbocycles. The normalized spacial score (nSPS) is 14.5. The zero-order valence-electron chi connectivity index (χ0n) is 15.0. The maximum atomic E-state index is 12.6. The minimum Gasteiger partial charge on any atom is -0.265 e. The number of benzene rings is 1. The van der Waals surface area contributed by atoms with Crippen LogP contribution in [0.25, 0.3) is 11.4 Å². The van der Waals surface area contributed by atoms with Crippen LogP contribution in [0.2, 0.25) is 0 Å². The fourth-order valence-corrected chi connectivity index (χ4v) is 4.47. The van der Waals surface area contributed by atoms with Gasteiger partial charge in [-0.2, -0.15) is 31.4 Å². The summed E-state index contributed by atoms with van der Waals surface area (Å²) in [6, 6.07) is 1.19. The first kappa shape index (κ1) is 23.6. The summed E-state index contributed by atoms with van der Waals surface area (Å²) in [6.45, 7) is 2.01. The number of rotatable bonds is 3. The second-order valence-corrected chi connectivity index (χ2v) is 8.46. The molecule has 0 bridgehead atoms. The molecule has 0 fully saturated rings. The first-order valence-electron chi connectivity index (χ1n) is 7.98. The molecule has 0 saturated heterocycles. The molecule has 1 aromatic heterocycles. The zero-order chi connectivity index (χ0) is 22.5. The fraction of sp³-hybridized carbons (Fsp3) is 0.167. The zero-order valence-corrected chi connectivity index (χ0v) is 17.4. The number of alkyl halides is 6. The molecule has 2 aromatic rings. The van der Waals surface area contributed by atoms with Crippen molar-refractivity contribution in [2.45, 2.75) is 19.3 Å². The largest absolute Gasteiger partial charge is 0.416 e. The minimum atomic E-state index is -4.88. The van der Waals surface area contributed by atoms with Crippen LogP contribution in [-0.4, -0.2) is 26.3 Å². The number of allylic oxidation sites excluding steroid dienone is 4. The van der Waals surface area contributed by atoms with E-state index in [0.717, 1.165) is 6.33 Å². The maximum Gasteiger partial charge on any atom is 0.416 e. The van der Waals surface area contributed by atoms with E-state index in [0.29, 0.717) is 12.1 Å². The quantitative estimate of drug-likeness (QED) is 0.298. The van der Waals surface area contributed by atoms with Gasteiger partial charge in [-0.05, 0) is 18.2 Å². The van der Waals surface area contributed by atoms with Gasteiger partial charge in [0.15, 0.2) is 5.82 Å². The van der Waals surface area contributed by atoms with Gasteiger partial charge in [0.25, 0.3) is 0 Å². The Hall–Kier alpha value is -2.64. The molecule has 0 saturated carbocycles. The Bertz CT molecular complexity index is 960. The van der Waals surface area contributed by atoms with Crippen LogP contribution in [0, 0.1) is 0 Å². The molecule has 30 heavy (non-hydrogen) atoms. The molecule has 5 nitrogen and oxygen atoms in total. The summed E-state index contributed by atoms with van der Waals surface area (Å²) in [6.07, 6.45) is -3.73. The van der Waals surface area contributed by atoms with Crippen LogP contribution >= 0.6 is 21.2 Å². The minimum absolute atomic E-state index is 0.0517. The number of hydrogen-bond donors (Lipinski definition) is 2. The molecule has 162 valence electrons. The van der Waals surface area contributed by atoms with Crippen LogP contribution < -0.4 is 0 Å². The summed E-state index contributed by atoms with van der Waals surface area (Å²) < 4.78 is 78.7. The number of carbonyl (C=O) groups is 1. The number of aromatic nitrogens is 3. The van der Waals surface area contributed by atoms with Gasteiger partial charge >= 0.3 is 87.8 Å². The van der Waals surface area contributed by atoms with Crippen LogP contribution in [0.15, 0.2) is 56.0 Å². The Morgan fingerprint density at radius 2 is 1.70 bits per heavy atom. The predicted molar refractivity (Wildman–Crippen MR) is 106 cm³/mol. The summed E-state index contributed by atoms with van der Waals surface area (Å²) in [7, 11) is 0. The van der Waals surface area contributed by atoms with Gasteiger partial charge in [0.1, 0.15) is 6.33 Å². The molecule has 0 atom stereocenters. The molecule has 2 N–H and O–H groups in total. The summed E-state index contributed by atoms with van der Waals surface area (Å²) in [5.74, 6) is -1.11. The van der Waals surface area contributed by atoms with Crippen molar-refractivity contribution >= 4 is 27.2 Å². The summed E-state index contributed by atoms with van der Waals surface area (Å²) in [5.41, 5.74) is -1.95. The van der Waals surface area contributed by atoms with E-state index in [-0.39, 0.29) is 38.7 Å². The molecule has 0 radical (unpaired) electrons. The number of aliphatic carboxylic acids is 1. The molecule has 0 unspecified atom stereocenters. The van der Waals surface area contributed by atoms with Crippen molar-refractivity contribution in [2.24, 2.45) is 0 Å². The Kier molecular flexibility index (Phi) is 7.44. The van der Waals surface area contributed by atoms with Gasteiger partial charge in [-0.1, -0.05) is 0 Å². The average Bonchev–Trinajstić information content (AvgIpc) is 3.30. The van der Waals surface area contributed by atoms with Gasteiger partial charge in [0.05, 0.1) is 11.1 Å². The second-order valence-electron chi connectivity index (χ2n) is 5.76. The molecule has 1 aromatic carbocycles. The van der Waals surface area contributed by atoms with Gasteiger partial charge in [0.2, 0.25) is 0 Å². The van der Waals surface area contributed by atoms with E-state index in [4.69, 9.17) is 5.11 Å². The topological polar surface area (TPSA) is 78.9 Å². The Morgan fingerprint density at radius 3 is 2.10 bits per heavy atom. The molecule has 2 heterocycles. The van der Waals surface area contributed by atoms with Crippen molar-refractivity contribution in [1.29, 1.82) is 0 Å². The van der Waals surface area contributed by atoms with Gasteiger partial charge in [-0.25, -0.2) is 4.98 Å². The molecule has 12 heteroatoms. The number of carboxylic acids is 1. The standard InChI is InChI=1S/C10H5F6N3.C8H9IO2/c11-9(12,13)6-1-5(8-17-4-18-19-8)2-7(3-6)10(14,15)16;1-6-4-5-9-7(6)2-3-8(10)11/h1-4H,(H,17,18,19);2-5,9H,1H3,(H,10,11)/b;3-2-. The second kappa shape index (κ2) is 9.45. The van der Waals surface area contributed by atoms with Crippen LogP contribution in [0.3, 0.4) is 0 Å². The number of carboxylic acid groups (broad SMARTS) is 1. The molecular formula is C18H14F6IN3O2.